The Kier molecular flexibility index (Phi) is 10.2. The summed E-state index contributed by atoms with van der Waals surface area (Å²) in [6, 6.07) is 14.8. The maximum absolute atomic E-state index is 5.16. The van der Waals surface area contributed by atoms with Gasteiger partial charge in [-0.3, -0.25) is 0 Å². The number of halogens is 2. The minimum absolute atomic E-state index is 0. The zero-order valence-corrected chi connectivity index (χ0v) is 29.5. The van der Waals surface area contributed by atoms with Crippen LogP contribution in [-0.2, 0) is 32.1 Å². The SMILES string of the molecule is [CH2]=[Zr+2]([C]1=C(CC)C(C(C)(C)C)=CC1CC)[CH]1c2ccc(C(C)(C)C)cc2-c2cc(C(C)(C)C)ccc21.[Cl-].[Cl-]. The molecule has 0 nitrogen and oxygen atoms in total. The Balaban J connectivity index is 0.00000253. The molecule has 1 atom stereocenters. The van der Waals surface area contributed by atoms with Crippen LogP contribution in [0.5, 0.6) is 0 Å². The van der Waals surface area contributed by atoms with Gasteiger partial charge in [-0.2, -0.15) is 0 Å². The van der Waals surface area contributed by atoms with Gasteiger partial charge in [0.25, 0.3) is 0 Å². The predicted molar refractivity (Wildman–Crippen MR) is 157 cm³/mol. The third-order valence-electron chi connectivity index (χ3n) is 8.44. The molecule has 0 amide bonds. The van der Waals surface area contributed by atoms with Crippen molar-refractivity contribution in [1.82, 2.24) is 0 Å². The van der Waals surface area contributed by atoms with Crippen LogP contribution in [0, 0.1) is 11.3 Å². The van der Waals surface area contributed by atoms with Crippen LogP contribution in [0.3, 0.4) is 0 Å². The minimum atomic E-state index is -2.33. The van der Waals surface area contributed by atoms with Crippen molar-refractivity contribution in [3.8, 4) is 11.1 Å². The summed E-state index contributed by atoms with van der Waals surface area (Å²) < 4.78 is 7.45. The first-order valence-electron chi connectivity index (χ1n) is 14.0. The average Bonchev–Trinajstić information content (AvgIpc) is 3.32. The monoisotopic (exact) mass is 628 g/mol. The van der Waals surface area contributed by atoms with Gasteiger partial charge >= 0.3 is 231 Å². The molecule has 38 heavy (non-hydrogen) atoms. The molecule has 0 saturated carbocycles. The van der Waals surface area contributed by atoms with Gasteiger partial charge in [0.15, 0.2) is 0 Å². The van der Waals surface area contributed by atoms with E-state index in [9.17, 15) is 0 Å². The number of fused-ring (bicyclic) bond motifs is 3. The van der Waals surface area contributed by atoms with Crippen molar-refractivity contribution in [1.29, 1.82) is 0 Å². The maximum atomic E-state index is 5.16. The van der Waals surface area contributed by atoms with E-state index < -0.39 is 21.3 Å². The first-order chi connectivity index (χ1) is 16.6. The van der Waals surface area contributed by atoms with Crippen molar-refractivity contribution in [3.05, 3.63) is 79.2 Å². The van der Waals surface area contributed by atoms with Crippen LogP contribution in [-0.4, -0.2) is 4.21 Å². The summed E-state index contributed by atoms with van der Waals surface area (Å²) in [6.45, 7) is 25.9. The second-order valence-corrected chi connectivity index (χ2v) is 19.5. The molecule has 2 aromatic carbocycles. The largest absolute Gasteiger partial charge is 1.00 e. The van der Waals surface area contributed by atoms with E-state index >= 15 is 0 Å². The van der Waals surface area contributed by atoms with Gasteiger partial charge in [0.1, 0.15) is 0 Å². The molecule has 0 N–H and O–H groups in total. The summed E-state index contributed by atoms with van der Waals surface area (Å²) in [6.07, 6.45) is 4.95. The van der Waals surface area contributed by atoms with Crippen molar-refractivity contribution >= 4 is 4.21 Å². The van der Waals surface area contributed by atoms with E-state index in [0.29, 0.717) is 9.54 Å². The van der Waals surface area contributed by atoms with Gasteiger partial charge in [0.05, 0.1) is 0 Å². The van der Waals surface area contributed by atoms with Crippen LogP contribution >= 0.6 is 0 Å². The van der Waals surface area contributed by atoms with E-state index in [4.69, 9.17) is 4.21 Å². The summed E-state index contributed by atoms with van der Waals surface area (Å²) in [5.41, 5.74) is 12.6. The van der Waals surface area contributed by atoms with E-state index in [0.717, 1.165) is 6.42 Å². The van der Waals surface area contributed by atoms with Gasteiger partial charge < -0.3 is 24.8 Å². The van der Waals surface area contributed by atoms with Crippen LogP contribution < -0.4 is 24.8 Å². The van der Waals surface area contributed by atoms with Gasteiger partial charge in [-0.1, -0.05) is 0 Å². The molecule has 0 bridgehead atoms. The fourth-order valence-electron chi connectivity index (χ4n) is 6.31. The topological polar surface area (TPSA) is 0 Å². The Labute approximate surface area is 253 Å². The molecule has 0 radical (unpaired) electrons. The Bertz CT molecular complexity index is 1210. The molecule has 3 heteroatoms. The second kappa shape index (κ2) is 11.6. The molecule has 0 heterocycles. The quantitative estimate of drug-likeness (QED) is 0.478. The Morgan fingerprint density at radius 2 is 1.16 bits per heavy atom. The molecule has 0 spiro atoms. The molecular weight excluding hydrogens is 583 g/mol. The number of hydrogen-bond acceptors (Lipinski definition) is 0. The van der Waals surface area contributed by atoms with Crippen LogP contribution in [0.15, 0.2) is 56.9 Å². The summed E-state index contributed by atoms with van der Waals surface area (Å²) in [4.78, 5) is 0. The number of benzene rings is 2. The molecule has 206 valence electrons. The van der Waals surface area contributed by atoms with Crippen LogP contribution in [0.4, 0.5) is 0 Å². The van der Waals surface area contributed by atoms with Crippen molar-refractivity contribution in [3.63, 3.8) is 0 Å². The first kappa shape index (κ1) is 33.5. The zero-order chi connectivity index (χ0) is 26.8. The van der Waals surface area contributed by atoms with Gasteiger partial charge in [-0.05, 0) is 0 Å². The molecule has 2 aliphatic carbocycles. The molecule has 2 aromatic rings. The number of hydrogen-bond donors (Lipinski definition) is 0. The standard InChI is InChI=1S/C21H25.C13H21.CH2.2ClH.Zr/c1-20(2,3)16-9-7-14-11-15-8-10-17(21(4,5)6)13-19(15)18(14)12-16;1-6-10-8-11(7-2)12(9-10)13(3,4)5;;;;/h7-13H,1-6H3;9-10H,6-7H2,1-5H3;1H2;2*1H;/q;;;;;+2/p-2. The molecule has 0 saturated heterocycles. The van der Waals surface area contributed by atoms with Gasteiger partial charge in [0.2, 0.25) is 0 Å². The van der Waals surface area contributed by atoms with Crippen molar-refractivity contribution < 1.29 is 46.1 Å². The smallest absolute Gasteiger partial charge is 1.00 e. The Morgan fingerprint density at radius 1 is 0.711 bits per heavy atom. The first-order valence-corrected chi connectivity index (χ1v) is 18.4. The van der Waals surface area contributed by atoms with E-state index in [1.165, 1.54) is 28.7 Å². The molecule has 0 fully saturated rings. The van der Waals surface area contributed by atoms with E-state index in [1.807, 2.05) is 0 Å². The third kappa shape index (κ3) is 5.97. The second-order valence-electron chi connectivity index (χ2n) is 14.2. The Hall–Kier alpha value is -0.747. The fourth-order valence-corrected chi connectivity index (χ4v) is 13.7. The maximum Gasteiger partial charge on any atom is -1.00 e. The van der Waals surface area contributed by atoms with E-state index in [-0.39, 0.29) is 41.1 Å². The normalized spacial score (nSPS) is 17.2. The summed E-state index contributed by atoms with van der Waals surface area (Å²) in [7, 11) is 0. The molecule has 0 aliphatic heterocycles. The number of allylic oxidation sites excluding steroid dienone is 4. The van der Waals surface area contributed by atoms with Crippen LogP contribution in [0.2, 0.25) is 0 Å². The predicted octanol–water partition coefficient (Wildman–Crippen LogP) is 4.09. The summed E-state index contributed by atoms with van der Waals surface area (Å²) in [5.74, 6) is 0.580. The third-order valence-corrected chi connectivity index (χ3v) is 15.0. The van der Waals surface area contributed by atoms with E-state index in [2.05, 4.69) is 119 Å². The van der Waals surface area contributed by atoms with Crippen molar-refractivity contribution in [2.75, 3.05) is 0 Å². The van der Waals surface area contributed by atoms with Gasteiger partial charge in [0, 0.05) is 0 Å². The van der Waals surface area contributed by atoms with Gasteiger partial charge in [-0.25, -0.2) is 0 Å². The molecule has 1 unspecified atom stereocenters. The fraction of sp³-hybridized carbons (Fsp3) is 0.514. The van der Waals surface area contributed by atoms with Crippen molar-refractivity contribution in [2.24, 2.45) is 11.3 Å². The molecular formula is C35H48Cl2Zr. The zero-order valence-electron chi connectivity index (χ0n) is 25.6. The summed E-state index contributed by atoms with van der Waals surface area (Å²) in [5, 5.41) is 0. The number of rotatable bonds is 4. The molecule has 4 rings (SSSR count). The minimum Gasteiger partial charge on any atom is -1.00 e. The van der Waals surface area contributed by atoms with E-state index in [1.54, 1.807) is 25.6 Å². The van der Waals surface area contributed by atoms with Crippen LogP contribution in [0.1, 0.15) is 115 Å². The summed E-state index contributed by atoms with van der Waals surface area (Å²) >= 11 is -2.33. The van der Waals surface area contributed by atoms with Gasteiger partial charge in [-0.15, -0.1) is 0 Å². The van der Waals surface area contributed by atoms with Crippen LogP contribution in [0.25, 0.3) is 11.1 Å². The Morgan fingerprint density at radius 3 is 1.50 bits per heavy atom. The average molecular weight is 631 g/mol. The molecule has 2 aliphatic rings. The van der Waals surface area contributed by atoms with Crippen molar-refractivity contribution in [2.45, 2.75) is 103 Å². The molecule has 0 aromatic heterocycles.